The van der Waals surface area contributed by atoms with Crippen molar-refractivity contribution in [2.45, 2.75) is 91.1 Å². The third-order valence-electron chi connectivity index (χ3n) is 5.70. The van der Waals surface area contributed by atoms with Crippen LogP contribution in [0.2, 0.25) is 0 Å². The highest BCUT2D eigenvalue weighted by molar-refractivity contribution is 5.90. The van der Waals surface area contributed by atoms with E-state index in [-0.39, 0.29) is 11.7 Å². The van der Waals surface area contributed by atoms with Crippen LogP contribution in [0.3, 0.4) is 0 Å². The van der Waals surface area contributed by atoms with E-state index in [2.05, 4.69) is 20.8 Å². The van der Waals surface area contributed by atoms with E-state index < -0.39 is 5.97 Å². The standard InChI is InChI=1S/C28H40O4/c1-4-7-9-10-11-15-23(14-6-3)32-27-21-22(28(29)30)18-19-25(27)24-16-12-13-17-26(24)31-20-8-5-2/h12-13,16-19,21,23H,4-11,14-15,20H2,1-3H3,(H,29,30). The number of hydrogen-bond donors (Lipinski definition) is 1. The highest BCUT2D eigenvalue weighted by Crippen LogP contribution is 2.38. The minimum atomic E-state index is -0.944. The van der Waals surface area contributed by atoms with Gasteiger partial charge < -0.3 is 14.6 Å². The van der Waals surface area contributed by atoms with Crippen LogP contribution in [0.5, 0.6) is 11.5 Å². The third-order valence-corrected chi connectivity index (χ3v) is 5.70. The van der Waals surface area contributed by atoms with Crippen molar-refractivity contribution >= 4 is 5.97 Å². The minimum absolute atomic E-state index is 0.0811. The molecule has 2 rings (SSSR count). The number of rotatable bonds is 16. The van der Waals surface area contributed by atoms with E-state index >= 15 is 0 Å². The van der Waals surface area contributed by atoms with Gasteiger partial charge in [0.15, 0.2) is 0 Å². The summed E-state index contributed by atoms with van der Waals surface area (Å²) < 4.78 is 12.5. The van der Waals surface area contributed by atoms with Gasteiger partial charge in [0.2, 0.25) is 0 Å². The molecule has 0 aliphatic carbocycles. The molecule has 1 atom stereocenters. The van der Waals surface area contributed by atoms with Gasteiger partial charge in [0.1, 0.15) is 11.5 Å². The molecule has 1 unspecified atom stereocenters. The Hall–Kier alpha value is -2.49. The SMILES string of the molecule is CCCCCCCC(CCC)Oc1cc(C(=O)O)ccc1-c1ccccc1OCCCC. The molecule has 0 spiro atoms. The Labute approximate surface area is 194 Å². The Bertz CT molecular complexity index is 815. The van der Waals surface area contributed by atoms with E-state index in [1.807, 2.05) is 30.3 Å². The molecule has 4 heteroatoms. The lowest BCUT2D eigenvalue weighted by atomic mass is 10.0. The maximum Gasteiger partial charge on any atom is 0.335 e. The Morgan fingerprint density at radius 2 is 1.53 bits per heavy atom. The quantitative estimate of drug-likeness (QED) is 0.268. The molecule has 0 fully saturated rings. The zero-order valence-corrected chi connectivity index (χ0v) is 20.1. The number of carboxylic acids is 1. The van der Waals surface area contributed by atoms with Crippen LogP contribution in [0.1, 0.15) is 95.3 Å². The third kappa shape index (κ3) is 8.22. The molecule has 32 heavy (non-hydrogen) atoms. The maximum atomic E-state index is 11.6. The number of unbranched alkanes of at least 4 members (excludes halogenated alkanes) is 5. The van der Waals surface area contributed by atoms with E-state index in [1.54, 1.807) is 12.1 Å². The molecule has 2 aromatic rings. The number of para-hydroxylation sites is 1. The van der Waals surface area contributed by atoms with E-state index in [0.717, 1.165) is 55.4 Å². The maximum absolute atomic E-state index is 11.6. The first-order valence-electron chi connectivity index (χ1n) is 12.4. The fraction of sp³-hybridized carbons (Fsp3) is 0.536. The van der Waals surface area contributed by atoms with Gasteiger partial charge in [-0.05, 0) is 49.9 Å². The highest BCUT2D eigenvalue weighted by Gasteiger charge is 2.18. The summed E-state index contributed by atoms with van der Waals surface area (Å²) in [5, 5.41) is 9.55. The molecule has 1 N–H and O–H groups in total. The van der Waals surface area contributed by atoms with Crippen LogP contribution in [-0.2, 0) is 0 Å². The second-order valence-electron chi connectivity index (χ2n) is 8.45. The smallest absolute Gasteiger partial charge is 0.335 e. The van der Waals surface area contributed by atoms with Gasteiger partial charge in [0, 0.05) is 11.1 Å². The van der Waals surface area contributed by atoms with Crippen LogP contribution in [-0.4, -0.2) is 23.8 Å². The normalized spacial score (nSPS) is 11.8. The number of hydrogen-bond acceptors (Lipinski definition) is 3. The molecule has 0 radical (unpaired) electrons. The molecular weight excluding hydrogens is 400 g/mol. The van der Waals surface area contributed by atoms with Crippen molar-refractivity contribution in [2.24, 2.45) is 0 Å². The van der Waals surface area contributed by atoms with Crippen LogP contribution in [0.25, 0.3) is 11.1 Å². The number of benzene rings is 2. The Morgan fingerprint density at radius 1 is 0.812 bits per heavy atom. The molecule has 0 saturated heterocycles. The number of carbonyl (C=O) groups is 1. The predicted molar refractivity (Wildman–Crippen MR) is 132 cm³/mol. The van der Waals surface area contributed by atoms with Gasteiger partial charge in [-0.15, -0.1) is 0 Å². The van der Waals surface area contributed by atoms with Gasteiger partial charge >= 0.3 is 5.97 Å². The lowest BCUT2D eigenvalue weighted by Crippen LogP contribution is -2.17. The second kappa shape index (κ2) is 14.5. The minimum Gasteiger partial charge on any atom is -0.493 e. The first-order valence-corrected chi connectivity index (χ1v) is 12.4. The molecule has 4 nitrogen and oxygen atoms in total. The lowest BCUT2D eigenvalue weighted by Gasteiger charge is -2.22. The summed E-state index contributed by atoms with van der Waals surface area (Å²) in [5.74, 6) is 0.490. The van der Waals surface area contributed by atoms with Crippen LogP contribution in [0.4, 0.5) is 0 Å². The van der Waals surface area contributed by atoms with E-state index in [0.29, 0.717) is 12.4 Å². The van der Waals surface area contributed by atoms with Gasteiger partial charge in [-0.25, -0.2) is 4.79 Å². The van der Waals surface area contributed by atoms with E-state index in [9.17, 15) is 9.90 Å². The predicted octanol–water partition coefficient (Wildman–Crippen LogP) is 8.14. The Morgan fingerprint density at radius 3 is 2.25 bits per heavy atom. The first kappa shape index (κ1) is 25.8. The van der Waals surface area contributed by atoms with Crippen molar-refractivity contribution in [3.63, 3.8) is 0 Å². The van der Waals surface area contributed by atoms with Crippen molar-refractivity contribution in [3.8, 4) is 22.6 Å². The number of aromatic carboxylic acids is 1. The zero-order valence-electron chi connectivity index (χ0n) is 20.1. The van der Waals surface area contributed by atoms with Crippen LogP contribution in [0.15, 0.2) is 42.5 Å². The molecule has 0 bridgehead atoms. The highest BCUT2D eigenvalue weighted by atomic mass is 16.5. The van der Waals surface area contributed by atoms with E-state index in [4.69, 9.17) is 9.47 Å². The number of carboxylic acid groups (broad SMARTS) is 1. The molecule has 0 saturated carbocycles. The molecule has 0 heterocycles. The molecular formula is C28H40O4. The molecule has 0 aliphatic rings. The van der Waals surface area contributed by atoms with Crippen molar-refractivity contribution in [1.29, 1.82) is 0 Å². The lowest BCUT2D eigenvalue weighted by molar-refractivity contribution is 0.0696. The topological polar surface area (TPSA) is 55.8 Å². The summed E-state index contributed by atoms with van der Waals surface area (Å²) >= 11 is 0. The zero-order chi connectivity index (χ0) is 23.2. The fourth-order valence-corrected chi connectivity index (χ4v) is 3.86. The molecule has 176 valence electrons. The molecule has 0 aliphatic heterocycles. The number of ether oxygens (including phenoxy) is 2. The van der Waals surface area contributed by atoms with Gasteiger partial charge in [-0.3, -0.25) is 0 Å². The van der Waals surface area contributed by atoms with Gasteiger partial charge in [-0.1, -0.05) is 77.5 Å². The summed E-state index contributed by atoms with van der Waals surface area (Å²) in [5.41, 5.74) is 2.06. The largest absolute Gasteiger partial charge is 0.493 e. The van der Waals surface area contributed by atoms with Gasteiger partial charge in [0.05, 0.1) is 18.3 Å². The van der Waals surface area contributed by atoms with Gasteiger partial charge in [-0.2, -0.15) is 0 Å². The van der Waals surface area contributed by atoms with Crippen LogP contribution in [0, 0.1) is 0 Å². The van der Waals surface area contributed by atoms with Crippen molar-refractivity contribution in [2.75, 3.05) is 6.61 Å². The molecule has 2 aromatic carbocycles. The summed E-state index contributed by atoms with van der Waals surface area (Å²) in [6, 6.07) is 13.1. The van der Waals surface area contributed by atoms with Crippen LogP contribution < -0.4 is 9.47 Å². The summed E-state index contributed by atoms with van der Waals surface area (Å²) in [4.78, 5) is 11.6. The Kier molecular flexibility index (Phi) is 11.7. The fourth-order valence-electron chi connectivity index (χ4n) is 3.86. The average Bonchev–Trinajstić information content (AvgIpc) is 2.79. The molecule has 0 aromatic heterocycles. The van der Waals surface area contributed by atoms with Crippen molar-refractivity contribution in [1.82, 2.24) is 0 Å². The average molecular weight is 441 g/mol. The van der Waals surface area contributed by atoms with Crippen molar-refractivity contribution in [3.05, 3.63) is 48.0 Å². The Balaban J connectivity index is 2.30. The van der Waals surface area contributed by atoms with Crippen molar-refractivity contribution < 1.29 is 19.4 Å². The second-order valence-corrected chi connectivity index (χ2v) is 8.45. The summed E-state index contributed by atoms with van der Waals surface area (Å²) in [6.07, 6.45) is 11.2. The van der Waals surface area contributed by atoms with Crippen LogP contribution >= 0.6 is 0 Å². The first-order chi connectivity index (χ1) is 15.6. The summed E-state index contributed by atoms with van der Waals surface area (Å²) in [6.45, 7) is 7.19. The molecule has 0 amide bonds. The summed E-state index contributed by atoms with van der Waals surface area (Å²) in [7, 11) is 0. The van der Waals surface area contributed by atoms with Gasteiger partial charge in [0.25, 0.3) is 0 Å². The van der Waals surface area contributed by atoms with E-state index in [1.165, 1.54) is 25.7 Å². The monoisotopic (exact) mass is 440 g/mol.